The maximum atomic E-state index is 13.1. The highest BCUT2D eigenvalue weighted by Gasteiger charge is 2.38. The van der Waals surface area contributed by atoms with Gasteiger partial charge in [-0.25, -0.2) is 9.59 Å². The number of hydrogen-bond donors (Lipinski definition) is 1. The zero-order valence-electron chi connectivity index (χ0n) is 19.7. The number of piperazine rings is 1. The largest absolute Gasteiger partial charge is 0.463 e. The minimum absolute atomic E-state index is 0.00244. The lowest BCUT2D eigenvalue weighted by Gasteiger charge is -2.42. The predicted octanol–water partition coefficient (Wildman–Crippen LogP) is 3.11. The summed E-state index contributed by atoms with van der Waals surface area (Å²) in [6, 6.07) is 12.3. The van der Waals surface area contributed by atoms with Crippen LogP contribution in [0.1, 0.15) is 35.1 Å². The van der Waals surface area contributed by atoms with Gasteiger partial charge in [-0.1, -0.05) is 36.4 Å². The van der Waals surface area contributed by atoms with E-state index in [2.05, 4.69) is 10.2 Å². The molecule has 3 amide bonds. The van der Waals surface area contributed by atoms with Gasteiger partial charge in [0.05, 0.1) is 23.1 Å². The number of ether oxygens (including phenoxy) is 1. The van der Waals surface area contributed by atoms with E-state index in [1.54, 1.807) is 14.0 Å². The Labute approximate surface area is 203 Å². The fourth-order valence-electron chi connectivity index (χ4n) is 4.53. The molecule has 2 aliphatic rings. The van der Waals surface area contributed by atoms with Crippen LogP contribution in [0, 0.1) is 0 Å². The molecule has 8 nitrogen and oxygen atoms in total. The Bertz CT molecular complexity index is 1070. The first-order valence-corrected chi connectivity index (χ1v) is 12.3. The summed E-state index contributed by atoms with van der Waals surface area (Å²) in [6.07, 6.45) is 0. The van der Waals surface area contributed by atoms with Crippen LogP contribution < -0.4 is 5.32 Å². The Hall–Kier alpha value is -3.17. The van der Waals surface area contributed by atoms with Crippen molar-refractivity contribution in [2.75, 3.05) is 39.8 Å². The summed E-state index contributed by atoms with van der Waals surface area (Å²) in [6.45, 7) is 6.32. The normalized spacial score (nSPS) is 21.4. The van der Waals surface area contributed by atoms with Crippen molar-refractivity contribution < 1.29 is 19.1 Å². The van der Waals surface area contributed by atoms with E-state index in [0.29, 0.717) is 37.4 Å². The molecule has 1 saturated heterocycles. The molecular formula is C25H30N4O4S. The van der Waals surface area contributed by atoms with Gasteiger partial charge in [0.2, 0.25) is 0 Å². The number of thiophene rings is 1. The SMILES string of the molecule is CCOC(=O)C1=C(CN2CCN(C(=O)c3cccs3)C(C)C2)N(C)C(=O)NC1c1ccccc1. The van der Waals surface area contributed by atoms with Crippen molar-refractivity contribution in [2.24, 2.45) is 0 Å². The molecule has 1 aromatic carbocycles. The fraction of sp³-hybridized carbons (Fsp3) is 0.400. The van der Waals surface area contributed by atoms with E-state index < -0.39 is 12.0 Å². The van der Waals surface area contributed by atoms with Crippen LogP contribution in [0.25, 0.3) is 0 Å². The average Bonchev–Trinajstić information content (AvgIpc) is 3.37. The number of hydrogen-bond acceptors (Lipinski definition) is 6. The number of nitrogens with zero attached hydrogens (tertiary/aromatic N) is 3. The number of likely N-dealkylation sites (N-methyl/N-ethyl adjacent to an activating group) is 1. The van der Waals surface area contributed by atoms with Gasteiger partial charge >= 0.3 is 12.0 Å². The zero-order chi connectivity index (χ0) is 24.2. The Morgan fingerprint density at radius 1 is 1.15 bits per heavy atom. The summed E-state index contributed by atoms with van der Waals surface area (Å²) < 4.78 is 5.40. The zero-order valence-corrected chi connectivity index (χ0v) is 20.5. The van der Waals surface area contributed by atoms with Crippen molar-refractivity contribution in [3.8, 4) is 0 Å². The quantitative estimate of drug-likeness (QED) is 0.640. The molecule has 2 unspecified atom stereocenters. The van der Waals surface area contributed by atoms with Crippen molar-refractivity contribution in [1.29, 1.82) is 0 Å². The molecule has 0 aliphatic carbocycles. The first-order chi connectivity index (χ1) is 16.4. The van der Waals surface area contributed by atoms with Crippen molar-refractivity contribution >= 4 is 29.2 Å². The van der Waals surface area contributed by atoms with Gasteiger partial charge in [-0.05, 0) is 30.9 Å². The molecule has 2 atom stereocenters. The van der Waals surface area contributed by atoms with E-state index in [9.17, 15) is 14.4 Å². The summed E-state index contributed by atoms with van der Waals surface area (Å²) in [5, 5.41) is 4.85. The van der Waals surface area contributed by atoms with Gasteiger partial charge in [0.25, 0.3) is 5.91 Å². The van der Waals surface area contributed by atoms with Crippen molar-refractivity contribution in [3.05, 3.63) is 69.6 Å². The highest BCUT2D eigenvalue weighted by atomic mass is 32.1. The molecule has 1 N–H and O–H groups in total. The molecule has 1 fully saturated rings. The smallest absolute Gasteiger partial charge is 0.338 e. The van der Waals surface area contributed by atoms with Gasteiger partial charge in [0.1, 0.15) is 0 Å². The minimum atomic E-state index is -0.585. The maximum absolute atomic E-state index is 13.1. The third kappa shape index (κ3) is 4.85. The molecular weight excluding hydrogens is 452 g/mol. The molecule has 9 heteroatoms. The lowest BCUT2D eigenvalue weighted by molar-refractivity contribution is -0.139. The first-order valence-electron chi connectivity index (χ1n) is 11.5. The van der Waals surface area contributed by atoms with Crippen LogP contribution in [0.4, 0.5) is 4.79 Å². The number of carbonyl (C=O) groups excluding carboxylic acids is 3. The number of urea groups is 1. The first kappa shape index (κ1) is 24.0. The van der Waals surface area contributed by atoms with Gasteiger partial charge in [-0.3, -0.25) is 14.6 Å². The predicted molar refractivity (Wildman–Crippen MR) is 130 cm³/mol. The van der Waals surface area contributed by atoms with E-state index in [0.717, 1.165) is 10.4 Å². The van der Waals surface area contributed by atoms with Crippen molar-refractivity contribution in [3.63, 3.8) is 0 Å². The number of rotatable bonds is 6. The number of carbonyl (C=O) groups is 3. The highest BCUT2D eigenvalue weighted by Crippen LogP contribution is 2.31. The maximum Gasteiger partial charge on any atom is 0.338 e. The number of benzene rings is 1. The van der Waals surface area contributed by atoms with Gasteiger partial charge in [-0.2, -0.15) is 0 Å². The molecule has 2 aliphatic heterocycles. The van der Waals surface area contributed by atoms with Crippen LogP contribution in [-0.4, -0.2) is 78.5 Å². The monoisotopic (exact) mass is 482 g/mol. The van der Waals surface area contributed by atoms with Gasteiger partial charge in [0, 0.05) is 45.0 Å². The molecule has 0 bridgehead atoms. The molecule has 0 spiro atoms. The molecule has 4 rings (SSSR count). The van der Waals surface area contributed by atoms with Crippen molar-refractivity contribution in [1.82, 2.24) is 20.0 Å². The van der Waals surface area contributed by atoms with E-state index in [1.807, 2.05) is 59.7 Å². The van der Waals surface area contributed by atoms with E-state index >= 15 is 0 Å². The van der Waals surface area contributed by atoms with E-state index in [-0.39, 0.29) is 24.6 Å². The summed E-state index contributed by atoms with van der Waals surface area (Å²) in [5.74, 6) is -0.385. The second-order valence-electron chi connectivity index (χ2n) is 8.49. The summed E-state index contributed by atoms with van der Waals surface area (Å²) in [5.41, 5.74) is 1.89. The van der Waals surface area contributed by atoms with Crippen molar-refractivity contribution in [2.45, 2.75) is 25.9 Å². The fourth-order valence-corrected chi connectivity index (χ4v) is 5.20. The lowest BCUT2D eigenvalue weighted by atomic mass is 9.94. The standard InChI is InChI=1S/C25H30N4O4S/c1-4-33-24(31)21-19(27(3)25(32)26-22(21)18-9-6-5-7-10-18)16-28-12-13-29(17(2)15-28)23(30)20-11-8-14-34-20/h5-11,14,17,22H,4,12-13,15-16H2,1-3H3,(H,26,32). The van der Waals surface area contributed by atoms with Crippen LogP contribution in [0.5, 0.6) is 0 Å². The highest BCUT2D eigenvalue weighted by molar-refractivity contribution is 7.12. The second kappa shape index (κ2) is 10.4. The van der Waals surface area contributed by atoms with Crippen LogP contribution in [0.3, 0.4) is 0 Å². The number of nitrogens with one attached hydrogen (secondary N) is 1. The molecule has 180 valence electrons. The Morgan fingerprint density at radius 2 is 1.91 bits per heavy atom. The summed E-state index contributed by atoms with van der Waals surface area (Å²) in [7, 11) is 1.67. The van der Waals surface area contributed by atoms with Crippen LogP contribution >= 0.6 is 11.3 Å². The third-order valence-electron chi connectivity index (χ3n) is 6.28. The van der Waals surface area contributed by atoms with E-state index in [4.69, 9.17) is 4.74 Å². The third-order valence-corrected chi connectivity index (χ3v) is 7.14. The van der Waals surface area contributed by atoms with E-state index in [1.165, 1.54) is 16.2 Å². The lowest BCUT2D eigenvalue weighted by Crippen LogP contribution is -2.56. The van der Waals surface area contributed by atoms with Crippen LogP contribution in [0.15, 0.2) is 59.1 Å². The van der Waals surface area contributed by atoms with Crippen LogP contribution in [-0.2, 0) is 9.53 Å². The molecule has 2 aromatic rings. The number of esters is 1. The average molecular weight is 483 g/mol. The topological polar surface area (TPSA) is 82.2 Å². The second-order valence-corrected chi connectivity index (χ2v) is 9.44. The number of amides is 3. The molecule has 3 heterocycles. The molecule has 34 heavy (non-hydrogen) atoms. The van der Waals surface area contributed by atoms with Gasteiger partial charge in [0.15, 0.2) is 0 Å². The Balaban J connectivity index is 1.60. The Kier molecular flexibility index (Phi) is 7.33. The van der Waals surface area contributed by atoms with Gasteiger partial charge < -0.3 is 15.0 Å². The molecule has 1 aromatic heterocycles. The van der Waals surface area contributed by atoms with Gasteiger partial charge in [-0.15, -0.1) is 11.3 Å². The Morgan fingerprint density at radius 3 is 2.56 bits per heavy atom. The molecule has 0 saturated carbocycles. The van der Waals surface area contributed by atoms with Crippen LogP contribution in [0.2, 0.25) is 0 Å². The molecule has 0 radical (unpaired) electrons. The minimum Gasteiger partial charge on any atom is -0.463 e. The summed E-state index contributed by atoms with van der Waals surface area (Å²) in [4.78, 5) is 45.1. The summed E-state index contributed by atoms with van der Waals surface area (Å²) >= 11 is 1.45.